The third-order valence-electron chi connectivity index (χ3n) is 4.37. The van der Waals surface area contributed by atoms with E-state index in [-0.39, 0.29) is 4.90 Å². The maximum atomic E-state index is 11.3. The summed E-state index contributed by atoms with van der Waals surface area (Å²) in [7, 11) is -2.13. The number of H-pyrrole nitrogens is 1. The number of rotatable bonds is 5. The third-order valence-corrected chi connectivity index (χ3v) is 5.30. The summed E-state index contributed by atoms with van der Waals surface area (Å²) < 4.78 is 59.8. The number of hydrogen-bond donors (Lipinski definition) is 4. The average Bonchev–Trinajstić information content (AvgIpc) is 3.21. The molecule has 0 bridgehead atoms. The van der Waals surface area contributed by atoms with Crippen molar-refractivity contribution >= 4 is 38.7 Å². The molecule has 2 aromatic heterocycles. The zero-order valence-corrected chi connectivity index (χ0v) is 18.6. The first-order valence-electron chi connectivity index (χ1n) is 9.44. The number of aromatic nitrogens is 4. The Balaban J connectivity index is 0.000000429. The van der Waals surface area contributed by atoms with E-state index in [1.54, 1.807) is 25.4 Å². The Morgan fingerprint density at radius 1 is 1.14 bits per heavy atom. The molecule has 4 aromatic rings. The van der Waals surface area contributed by atoms with Gasteiger partial charge in [-0.25, -0.2) is 23.3 Å². The smallest absolute Gasteiger partial charge is 0.490 e. The highest BCUT2D eigenvalue weighted by Crippen LogP contribution is 2.32. The molecule has 0 amide bonds. The molecule has 0 atom stereocenters. The number of benzene rings is 2. The topological polar surface area (TPSA) is 173 Å². The van der Waals surface area contributed by atoms with Crippen molar-refractivity contribution in [1.82, 2.24) is 20.2 Å². The molecule has 15 heteroatoms. The van der Waals surface area contributed by atoms with Gasteiger partial charge in [0.25, 0.3) is 0 Å². The van der Waals surface area contributed by atoms with E-state index in [0.717, 1.165) is 16.6 Å². The number of alkyl halides is 3. The number of primary sulfonamides is 1. The third kappa shape index (κ3) is 6.21. The van der Waals surface area contributed by atoms with Crippen molar-refractivity contribution in [3.05, 3.63) is 54.7 Å². The van der Waals surface area contributed by atoms with Crippen molar-refractivity contribution in [3.8, 4) is 17.0 Å². The lowest BCUT2D eigenvalue weighted by atomic mass is 10.1. The minimum absolute atomic E-state index is 0.0307. The fourth-order valence-electron chi connectivity index (χ4n) is 2.78. The number of aliphatic carboxylic acids is 1. The zero-order chi connectivity index (χ0) is 25.8. The number of anilines is 2. The summed E-state index contributed by atoms with van der Waals surface area (Å²) >= 11 is 0. The van der Waals surface area contributed by atoms with Crippen LogP contribution in [-0.2, 0) is 14.8 Å². The molecule has 4 rings (SSSR count). The Morgan fingerprint density at radius 3 is 2.34 bits per heavy atom. The lowest BCUT2D eigenvalue weighted by molar-refractivity contribution is -0.192. The number of nitrogens with one attached hydrogen (secondary N) is 2. The number of nitrogens with two attached hydrogens (primary N) is 1. The molecule has 0 saturated heterocycles. The summed E-state index contributed by atoms with van der Waals surface area (Å²) in [5.41, 5.74) is 2.72. The first kappa shape index (κ1) is 25.4. The Morgan fingerprint density at radius 2 is 1.77 bits per heavy atom. The van der Waals surface area contributed by atoms with Gasteiger partial charge in [0, 0.05) is 17.4 Å². The second-order valence-electron chi connectivity index (χ2n) is 6.73. The van der Waals surface area contributed by atoms with Gasteiger partial charge in [0.1, 0.15) is 5.75 Å². The van der Waals surface area contributed by atoms with Crippen molar-refractivity contribution in [2.45, 2.75) is 11.1 Å². The minimum Gasteiger partial charge on any atom is -0.496 e. The van der Waals surface area contributed by atoms with E-state index >= 15 is 0 Å². The molecule has 0 aliphatic rings. The van der Waals surface area contributed by atoms with Crippen LogP contribution in [-0.4, -0.2) is 52.9 Å². The summed E-state index contributed by atoms with van der Waals surface area (Å²) in [5, 5.41) is 23.2. The van der Waals surface area contributed by atoms with Gasteiger partial charge in [0.2, 0.25) is 16.0 Å². The van der Waals surface area contributed by atoms with Gasteiger partial charge in [-0.1, -0.05) is 12.1 Å². The van der Waals surface area contributed by atoms with Gasteiger partial charge in [-0.05, 0) is 36.4 Å². The van der Waals surface area contributed by atoms with Gasteiger partial charge < -0.3 is 15.2 Å². The van der Waals surface area contributed by atoms with Crippen molar-refractivity contribution in [3.63, 3.8) is 0 Å². The highest BCUT2D eigenvalue weighted by atomic mass is 32.2. The number of halogens is 3. The SMILES string of the molecule is COc1ccccc1-c1[nH]nc2nc(Nc3ccc(S(N)(=O)=O)cc3)ncc12.O=C(O)C(F)(F)F. The molecule has 0 fully saturated rings. The minimum atomic E-state index is -5.08. The Labute approximate surface area is 195 Å². The normalized spacial score (nSPS) is 11.5. The summed E-state index contributed by atoms with van der Waals surface area (Å²) in [4.78, 5) is 17.6. The fraction of sp³-hybridized carbons (Fsp3) is 0.100. The number of sulfonamides is 1. The number of hydrogen-bond acceptors (Lipinski definition) is 8. The van der Waals surface area contributed by atoms with E-state index in [4.69, 9.17) is 19.8 Å². The number of fused-ring (bicyclic) bond motifs is 1. The van der Waals surface area contributed by atoms with Crippen LogP contribution in [0, 0.1) is 0 Å². The molecule has 11 nitrogen and oxygen atoms in total. The van der Waals surface area contributed by atoms with Crippen LogP contribution in [0.3, 0.4) is 0 Å². The highest BCUT2D eigenvalue weighted by Gasteiger charge is 2.38. The molecule has 184 valence electrons. The van der Waals surface area contributed by atoms with E-state index in [0.29, 0.717) is 23.0 Å². The molecule has 0 aliphatic heterocycles. The number of para-hydroxylation sites is 1. The first-order valence-corrected chi connectivity index (χ1v) is 11.0. The number of carboxylic acid groups (broad SMARTS) is 1. The van der Waals surface area contributed by atoms with E-state index in [1.165, 1.54) is 12.1 Å². The van der Waals surface area contributed by atoms with E-state index in [1.807, 2.05) is 24.3 Å². The van der Waals surface area contributed by atoms with Crippen LogP contribution in [0.1, 0.15) is 0 Å². The number of aromatic amines is 1. The Bertz CT molecular complexity index is 1460. The summed E-state index contributed by atoms with van der Waals surface area (Å²) in [5.74, 6) is -1.72. The quantitative estimate of drug-likeness (QED) is 0.315. The van der Waals surface area contributed by atoms with Crippen LogP contribution in [0.5, 0.6) is 5.75 Å². The molecule has 2 heterocycles. The highest BCUT2D eigenvalue weighted by molar-refractivity contribution is 7.89. The second-order valence-corrected chi connectivity index (χ2v) is 8.29. The lowest BCUT2D eigenvalue weighted by Crippen LogP contribution is -2.21. The van der Waals surface area contributed by atoms with Crippen molar-refractivity contribution in [1.29, 1.82) is 0 Å². The average molecular weight is 510 g/mol. The van der Waals surface area contributed by atoms with Crippen LogP contribution < -0.4 is 15.2 Å². The predicted octanol–water partition coefficient (Wildman–Crippen LogP) is 3.05. The van der Waals surface area contributed by atoms with E-state index in [9.17, 15) is 21.6 Å². The summed E-state index contributed by atoms with van der Waals surface area (Å²) in [6.07, 6.45) is -3.42. The second kappa shape index (κ2) is 9.94. The molecule has 0 radical (unpaired) electrons. The maximum absolute atomic E-state index is 11.3. The molecule has 0 unspecified atom stereocenters. The van der Waals surface area contributed by atoms with Crippen molar-refractivity contribution in [2.24, 2.45) is 5.14 Å². The zero-order valence-electron chi connectivity index (χ0n) is 17.7. The van der Waals surface area contributed by atoms with Crippen molar-refractivity contribution in [2.75, 3.05) is 12.4 Å². The molecule has 0 spiro atoms. The molecule has 5 N–H and O–H groups in total. The van der Waals surface area contributed by atoms with Crippen LogP contribution in [0.25, 0.3) is 22.3 Å². The van der Waals surface area contributed by atoms with E-state index in [2.05, 4.69) is 25.5 Å². The maximum Gasteiger partial charge on any atom is 0.490 e. The lowest BCUT2D eigenvalue weighted by Gasteiger charge is -2.07. The molecular formula is C20H17F3N6O5S. The van der Waals surface area contributed by atoms with Gasteiger partial charge in [-0.2, -0.15) is 23.3 Å². The van der Waals surface area contributed by atoms with Gasteiger partial charge in [-0.15, -0.1) is 0 Å². The predicted molar refractivity (Wildman–Crippen MR) is 118 cm³/mol. The summed E-state index contributed by atoms with van der Waals surface area (Å²) in [6.45, 7) is 0. The molecule has 0 saturated carbocycles. The molecular weight excluding hydrogens is 493 g/mol. The van der Waals surface area contributed by atoms with Crippen LogP contribution >= 0.6 is 0 Å². The molecule has 2 aromatic carbocycles. The number of ether oxygens (including phenoxy) is 1. The molecule has 35 heavy (non-hydrogen) atoms. The van der Waals surface area contributed by atoms with Gasteiger partial charge in [0.05, 0.1) is 23.1 Å². The molecule has 0 aliphatic carbocycles. The van der Waals surface area contributed by atoms with Crippen LogP contribution in [0.15, 0.2) is 59.6 Å². The standard InChI is InChI=1S/C18H16N6O3S.C2HF3O2/c1-27-15-5-3-2-4-13(15)16-14-10-20-18(22-17(14)24-23-16)21-11-6-8-12(9-7-11)28(19,25)26;3-2(4,5)1(6)7/h2-10H,1H3,(H2,19,25,26)(H2,20,21,22,23,24);(H,6,7). The van der Waals surface area contributed by atoms with E-state index < -0.39 is 22.2 Å². The first-order chi connectivity index (χ1) is 16.4. The number of carboxylic acids is 1. The van der Waals surface area contributed by atoms with Crippen LogP contribution in [0.4, 0.5) is 24.8 Å². The summed E-state index contributed by atoms with van der Waals surface area (Å²) in [6, 6.07) is 13.6. The monoisotopic (exact) mass is 510 g/mol. The van der Waals surface area contributed by atoms with Crippen LogP contribution in [0.2, 0.25) is 0 Å². The number of nitrogens with zero attached hydrogens (tertiary/aromatic N) is 3. The fourth-order valence-corrected chi connectivity index (χ4v) is 3.29. The largest absolute Gasteiger partial charge is 0.496 e. The number of carbonyl (C=O) groups is 1. The van der Waals surface area contributed by atoms with Gasteiger partial charge in [-0.3, -0.25) is 5.10 Å². The Kier molecular flexibility index (Phi) is 7.21. The number of methoxy groups -OCH3 is 1. The van der Waals surface area contributed by atoms with Gasteiger partial charge in [0.15, 0.2) is 5.65 Å². The van der Waals surface area contributed by atoms with Gasteiger partial charge >= 0.3 is 12.1 Å². The van der Waals surface area contributed by atoms with Crippen molar-refractivity contribution < 1.29 is 36.2 Å². The Hall–Kier alpha value is -4.24.